The second-order valence-electron chi connectivity index (χ2n) is 5.01. The Hall–Kier alpha value is -2.97. The highest BCUT2D eigenvalue weighted by atomic mass is 35.5. The lowest BCUT2D eigenvalue weighted by atomic mass is 10.2. The van der Waals surface area contributed by atoms with Gasteiger partial charge >= 0.3 is 6.09 Å². The van der Waals surface area contributed by atoms with Gasteiger partial charge in [0.05, 0.1) is 5.52 Å². The minimum Gasteiger partial charge on any atom is -0.465 e. The molecule has 0 unspecified atom stereocenters. The number of carboxylic acid groups (broad SMARTS) is 1. The zero-order valence-corrected chi connectivity index (χ0v) is 12.7. The molecule has 2 N–H and O–H groups in total. The molecule has 0 saturated carbocycles. The van der Waals surface area contributed by atoms with Gasteiger partial charge in [-0.25, -0.2) is 4.79 Å². The Bertz CT molecular complexity index is 923. The Labute approximate surface area is 137 Å². The predicted octanol–water partition coefficient (Wildman–Crippen LogP) is 3.92. The molecule has 0 bridgehead atoms. The SMILES string of the molecule is N#Cc1cc2cc(Cl)ccc2n1-c1ccc(CNC(=O)O)cc1. The molecule has 5 nitrogen and oxygen atoms in total. The van der Waals surface area contributed by atoms with E-state index in [2.05, 4.69) is 11.4 Å². The standard InChI is InChI=1S/C17H12ClN3O2/c18-13-3-6-16-12(7-13)8-15(9-19)21(16)14-4-1-11(2-5-14)10-20-17(22)23/h1-8,20H,10H2,(H,22,23). The second-order valence-corrected chi connectivity index (χ2v) is 5.44. The summed E-state index contributed by atoms with van der Waals surface area (Å²) in [6, 6.07) is 16.8. The Morgan fingerprint density at radius 3 is 2.61 bits per heavy atom. The molecule has 0 radical (unpaired) electrons. The molecule has 6 heteroatoms. The van der Waals surface area contributed by atoms with Crippen LogP contribution < -0.4 is 5.32 Å². The third-order valence-electron chi connectivity index (χ3n) is 3.52. The number of amides is 1. The average molecular weight is 326 g/mol. The quantitative estimate of drug-likeness (QED) is 0.766. The maximum absolute atomic E-state index is 10.5. The molecule has 1 heterocycles. The number of rotatable bonds is 3. The highest BCUT2D eigenvalue weighted by molar-refractivity contribution is 6.31. The molecule has 0 fully saturated rings. The number of nitrogens with one attached hydrogen (secondary N) is 1. The summed E-state index contributed by atoms with van der Waals surface area (Å²) in [5.41, 5.74) is 3.08. The number of nitriles is 1. The van der Waals surface area contributed by atoms with Crippen molar-refractivity contribution in [3.63, 3.8) is 0 Å². The molecule has 0 aliphatic carbocycles. The fourth-order valence-electron chi connectivity index (χ4n) is 2.49. The predicted molar refractivity (Wildman–Crippen MR) is 87.9 cm³/mol. The Kier molecular flexibility index (Phi) is 3.92. The van der Waals surface area contributed by atoms with Crippen molar-refractivity contribution in [3.8, 4) is 11.8 Å². The summed E-state index contributed by atoms with van der Waals surface area (Å²) >= 11 is 6.00. The van der Waals surface area contributed by atoms with Crippen molar-refractivity contribution in [3.05, 3.63) is 64.8 Å². The molecular weight excluding hydrogens is 314 g/mol. The number of nitrogens with zero attached hydrogens (tertiary/aromatic N) is 2. The summed E-state index contributed by atoms with van der Waals surface area (Å²) < 4.78 is 1.85. The highest BCUT2D eigenvalue weighted by Crippen LogP contribution is 2.26. The number of hydrogen-bond acceptors (Lipinski definition) is 2. The van der Waals surface area contributed by atoms with E-state index in [1.807, 2.05) is 41.0 Å². The van der Waals surface area contributed by atoms with Crippen molar-refractivity contribution in [1.82, 2.24) is 9.88 Å². The Morgan fingerprint density at radius 1 is 1.22 bits per heavy atom. The van der Waals surface area contributed by atoms with E-state index < -0.39 is 6.09 Å². The van der Waals surface area contributed by atoms with Crippen LogP contribution in [0.25, 0.3) is 16.6 Å². The molecule has 3 rings (SSSR count). The number of fused-ring (bicyclic) bond motifs is 1. The normalized spacial score (nSPS) is 10.4. The number of benzene rings is 2. The third kappa shape index (κ3) is 2.98. The first-order chi connectivity index (χ1) is 11.1. The highest BCUT2D eigenvalue weighted by Gasteiger charge is 2.10. The van der Waals surface area contributed by atoms with Crippen LogP contribution >= 0.6 is 11.6 Å². The first kappa shape index (κ1) is 14.9. The van der Waals surface area contributed by atoms with Crippen molar-refractivity contribution in [2.24, 2.45) is 0 Å². The lowest BCUT2D eigenvalue weighted by Crippen LogP contribution is -2.19. The van der Waals surface area contributed by atoms with Crippen molar-refractivity contribution < 1.29 is 9.90 Å². The molecule has 23 heavy (non-hydrogen) atoms. The van der Waals surface area contributed by atoms with Gasteiger partial charge < -0.3 is 15.0 Å². The van der Waals surface area contributed by atoms with Gasteiger partial charge in [0.1, 0.15) is 11.8 Å². The molecule has 2 aromatic carbocycles. The summed E-state index contributed by atoms with van der Waals surface area (Å²) in [7, 11) is 0. The minimum absolute atomic E-state index is 0.239. The second kappa shape index (κ2) is 6.03. The van der Waals surface area contributed by atoms with E-state index in [1.54, 1.807) is 12.1 Å². The van der Waals surface area contributed by atoms with Crippen LogP contribution in [0, 0.1) is 11.3 Å². The molecule has 0 atom stereocenters. The molecule has 1 amide bonds. The zero-order chi connectivity index (χ0) is 16.4. The van der Waals surface area contributed by atoms with Crippen LogP contribution in [0.3, 0.4) is 0 Å². The van der Waals surface area contributed by atoms with E-state index in [9.17, 15) is 10.1 Å². The fraction of sp³-hybridized carbons (Fsp3) is 0.0588. The number of aromatic nitrogens is 1. The maximum atomic E-state index is 10.5. The van der Waals surface area contributed by atoms with Gasteiger partial charge in [-0.05, 0) is 42.0 Å². The summed E-state index contributed by atoms with van der Waals surface area (Å²) in [4.78, 5) is 10.5. The summed E-state index contributed by atoms with van der Waals surface area (Å²) in [6.45, 7) is 0.239. The summed E-state index contributed by atoms with van der Waals surface area (Å²) in [6.07, 6.45) is -1.06. The molecule has 0 saturated heterocycles. The van der Waals surface area contributed by atoms with Crippen molar-refractivity contribution in [2.75, 3.05) is 0 Å². The van der Waals surface area contributed by atoms with Gasteiger partial charge in [-0.2, -0.15) is 5.26 Å². The summed E-state index contributed by atoms with van der Waals surface area (Å²) in [5, 5.41) is 21.8. The Morgan fingerprint density at radius 2 is 1.96 bits per heavy atom. The van der Waals surface area contributed by atoms with Crippen molar-refractivity contribution in [1.29, 1.82) is 5.26 Å². The van der Waals surface area contributed by atoms with Gasteiger partial charge in [-0.15, -0.1) is 0 Å². The lowest BCUT2D eigenvalue weighted by molar-refractivity contribution is 0.194. The molecule has 0 aliphatic rings. The molecule has 3 aromatic rings. The van der Waals surface area contributed by atoms with Crippen LogP contribution in [0.4, 0.5) is 4.79 Å². The fourth-order valence-corrected chi connectivity index (χ4v) is 2.67. The van der Waals surface area contributed by atoms with Crippen molar-refractivity contribution in [2.45, 2.75) is 6.54 Å². The van der Waals surface area contributed by atoms with Crippen LogP contribution in [0.2, 0.25) is 5.02 Å². The molecular formula is C17H12ClN3O2. The lowest BCUT2D eigenvalue weighted by Gasteiger charge is -2.09. The van der Waals surface area contributed by atoms with Gasteiger partial charge in [0.2, 0.25) is 0 Å². The van der Waals surface area contributed by atoms with Crippen molar-refractivity contribution >= 4 is 28.6 Å². The van der Waals surface area contributed by atoms with E-state index in [4.69, 9.17) is 16.7 Å². The number of carbonyl (C=O) groups is 1. The van der Waals surface area contributed by atoms with E-state index in [0.717, 1.165) is 22.2 Å². The van der Waals surface area contributed by atoms with Gasteiger partial charge in [-0.1, -0.05) is 23.7 Å². The third-order valence-corrected chi connectivity index (χ3v) is 3.75. The Balaban J connectivity index is 2.03. The van der Waals surface area contributed by atoms with Gasteiger partial charge in [0, 0.05) is 22.6 Å². The minimum atomic E-state index is -1.06. The van der Waals surface area contributed by atoms with Crippen LogP contribution in [0.5, 0.6) is 0 Å². The average Bonchev–Trinajstić information content (AvgIpc) is 2.91. The van der Waals surface area contributed by atoms with Crippen LogP contribution in [-0.2, 0) is 6.54 Å². The number of hydrogen-bond donors (Lipinski definition) is 2. The van der Waals surface area contributed by atoms with E-state index in [1.165, 1.54) is 0 Å². The molecule has 1 aromatic heterocycles. The van der Waals surface area contributed by atoms with Crippen LogP contribution in [-0.4, -0.2) is 15.8 Å². The molecule has 0 aliphatic heterocycles. The first-order valence-electron chi connectivity index (χ1n) is 6.85. The number of halogens is 1. The van der Waals surface area contributed by atoms with Gasteiger partial charge in [0.25, 0.3) is 0 Å². The van der Waals surface area contributed by atoms with Crippen LogP contribution in [0.15, 0.2) is 48.5 Å². The first-order valence-corrected chi connectivity index (χ1v) is 7.23. The zero-order valence-electron chi connectivity index (χ0n) is 12.0. The smallest absolute Gasteiger partial charge is 0.404 e. The maximum Gasteiger partial charge on any atom is 0.404 e. The van der Waals surface area contributed by atoms with Gasteiger partial charge in [-0.3, -0.25) is 0 Å². The summed E-state index contributed by atoms with van der Waals surface area (Å²) in [5.74, 6) is 0. The topological polar surface area (TPSA) is 78.0 Å². The van der Waals surface area contributed by atoms with E-state index in [0.29, 0.717) is 10.7 Å². The largest absolute Gasteiger partial charge is 0.465 e. The molecule has 114 valence electrons. The van der Waals surface area contributed by atoms with E-state index in [-0.39, 0.29) is 6.54 Å². The van der Waals surface area contributed by atoms with Crippen LogP contribution in [0.1, 0.15) is 11.3 Å². The molecule has 0 spiro atoms. The monoisotopic (exact) mass is 325 g/mol. The van der Waals surface area contributed by atoms with Gasteiger partial charge in [0.15, 0.2) is 0 Å². The van der Waals surface area contributed by atoms with E-state index >= 15 is 0 Å².